The molecule has 1 N–H and O–H groups in total. The largest absolute Gasteiger partial charge is 0.319 e. The van der Waals surface area contributed by atoms with Gasteiger partial charge in [-0.1, -0.05) is 48.5 Å². The molecule has 1 nitrogen and oxygen atoms in total. The summed E-state index contributed by atoms with van der Waals surface area (Å²) in [6, 6.07) is 17.6. The minimum atomic E-state index is -0.261. The smallest absolute Gasteiger partial charge is 0.000647 e. The Kier molecular flexibility index (Phi) is 5.13. The molecule has 0 atom stereocenters. The minimum absolute atomic E-state index is 0.261. The van der Waals surface area contributed by atoms with Crippen molar-refractivity contribution in [2.45, 2.75) is 13.8 Å². The molecular weight excluding hydrogens is 249 g/mol. The maximum absolute atomic E-state index is 3.29. The molecule has 0 aliphatic rings. The Bertz CT molecular complexity index is 491. The first-order valence-electron chi connectivity index (χ1n) is 6.77. The average molecular weight is 271 g/mol. The Morgan fingerprint density at radius 2 is 1.32 bits per heavy atom. The summed E-state index contributed by atoms with van der Waals surface area (Å²) in [5.41, 5.74) is 2.82. The van der Waals surface area contributed by atoms with Gasteiger partial charge in [-0.2, -0.15) is 0 Å². The molecule has 0 spiro atoms. The summed E-state index contributed by atoms with van der Waals surface area (Å²) < 4.78 is 0. The molecule has 0 aliphatic carbocycles. The molecule has 0 fully saturated rings. The zero-order valence-corrected chi connectivity index (χ0v) is 12.9. The predicted molar refractivity (Wildman–Crippen MR) is 87.3 cm³/mol. The fourth-order valence-corrected chi connectivity index (χ4v) is 5.05. The molecular formula is C17H22NP. The van der Waals surface area contributed by atoms with E-state index in [2.05, 4.69) is 67.7 Å². The van der Waals surface area contributed by atoms with E-state index in [0.29, 0.717) is 0 Å². The van der Waals surface area contributed by atoms with Crippen LogP contribution in [0.4, 0.5) is 0 Å². The first kappa shape index (κ1) is 14.2. The molecule has 2 aromatic carbocycles. The molecule has 0 radical (unpaired) electrons. The van der Waals surface area contributed by atoms with Gasteiger partial charge in [0.2, 0.25) is 0 Å². The Labute approximate surface area is 117 Å². The zero-order chi connectivity index (χ0) is 13.7. The van der Waals surface area contributed by atoms with E-state index in [0.717, 1.165) is 6.54 Å². The summed E-state index contributed by atoms with van der Waals surface area (Å²) in [7, 11) is 1.77. The van der Waals surface area contributed by atoms with Crippen molar-refractivity contribution in [3.63, 3.8) is 0 Å². The van der Waals surface area contributed by atoms with E-state index in [4.69, 9.17) is 0 Å². The highest BCUT2D eigenvalue weighted by Gasteiger charge is 2.16. The quantitative estimate of drug-likeness (QED) is 0.824. The fourth-order valence-electron chi connectivity index (χ4n) is 2.33. The van der Waals surface area contributed by atoms with E-state index in [1.165, 1.54) is 27.9 Å². The van der Waals surface area contributed by atoms with E-state index in [9.17, 15) is 0 Å². The molecule has 0 aliphatic heterocycles. The Balaban J connectivity index is 2.42. The molecule has 0 heterocycles. The standard InChI is InChI=1S/C17H22NP/c1-14-8-4-6-10-16(14)19(13-12-18-3)17-11-7-5-9-15(17)2/h4-11,18H,12-13H2,1-3H3. The van der Waals surface area contributed by atoms with Crippen molar-refractivity contribution in [3.05, 3.63) is 59.7 Å². The highest BCUT2D eigenvalue weighted by atomic mass is 31.1. The van der Waals surface area contributed by atoms with Gasteiger partial charge in [-0.15, -0.1) is 0 Å². The number of aryl methyl sites for hydroxylation is 2. The van der Waals surface area contributed by atoms with Crippen LogP contribution >= 0.6 is 7.92 Å². The van der Waals surface area contributed by atoms with Crippen LogP contribution in [0.25, 0.3) is 0 Å². The van der Waals surface area contributed by atoms with Gasteiger partial charge in [-0.3, -0.25) is 0 Å². The maximum Gasteiger partial charge on any atom is -0.000647 e. The first-order chi connectivity index (χ1) is 9.24. The third-order valence-electron chi connectivity index (χ3n) is 3.40. The SMILES string of the molecule is CNCCP(c1ccccc1C)c1ccccc1C. The molecule has 0 aromatic heterocycles. The predicted octanol–water partition coefficient (Wildman–Crippen LogP) is 2.96. The van der Waals surface area contributed by atoms with Gasteiger partial charge < -0.3 is 5.32 Å². The van der Waals surface area contributed by atoms with E-state index < -0.39 is 0 Å². The molecule has 2 aromatic rings. The van der Waals surface area contributed by atoms with Gasteiger partial charge in [0.25, 0.3) is 0 Å². The molecule has 0 unspecified atom stereocenters. The van der Waals surface area contributed by atoms with Crippen molar-refractivity contribution < 1.29 is 0 Å². The lowest BCUT2D eigenvalue weighted by atomic mass is 10.2. The van der Waals surface area contributed by atoms with Crippen LogP contribution < -0.4 is 15.9 Å². The molecule has 0 bridgehead atoms. The highest BCUT2D eigenvalue weighted by molar-refractivity contribution is 7.73. The monoisotopic (exact) mass is 271 g/mol. The van der Waals surface area contributed by atoms with Gasteiger partial charge in [-0.25, -0.2) is 0 Å². The number of benzene rings is 2. The van der Waals surface area contributed by atoms with E-state index in [1.54, 1.807) is 0 Å². The van der Waals surface area contributed by atoms with Gasteiger partial charge in [0, 0.05) is 0 Å². The third kappa shape index (κ3) is 3.43. The van der Waals surface area contributed by atoms with Crippen LogP contribution in [-0.4, -0.2) is 19.8 Å². The molecule has 0 saturated carbocycles. The van der Waals surface area contributed by atoms with E-state index in [-0.39, 0.29) is 7.92 Å². The number of rotatable bonds is 5. The number of hydrogen-bond acceptors (Lipinski definition) is 1. The summed E-state index contributed by atoms with van der Waals surface area (Å²) >= 11 is 0. The summed E-state index contributed by atoms with van der Waals surface area (Å²) in [6.07, 6.45) is 1.20. The lowest BCUT2D eigenvalue weighted by Gasteiger charge is -2.22. The van der Waals surface area contributed by atoms with Crippen molar-refractivity contribution in [2.75, 3.05) is 19.8 Å². The average Bonchev–Trinajstić information content (AvgIpc) is 2.42. The first-order valence-corrected chi connectivity index (χ1v) is 8.30. The second-order valence-corrected chi connectivity index (χ2v) is 7.10. The summed E-state index contributed by atoms with van der Waals surface area (Å²) in [4.78, 5) is 0. The zero-order valence-electron chi connectivity index (χ0n) is 12.0. The van der Waals surface area contributed by atoms with Crippen molar-refractivity contribution in [1.29, 1.82) is 0 Å². The Morgan fingerprint density at radius 3 is 1.74 bits per heavy atom. The van der Waals surface area contributed by atoms with Gasteiger partial charge in [0.1, 0.15) is 0 Å². The third-order valence-corrected chi connectivity index (χ3v) is 6.24. The van der Waals surface area contributed by atoms with Crippen LogP contribution in [0, 0.1) is 13.8 Å². The molecule has 100 valence electrons. The van der Waals surface area contributed by atoms with Gasteiger partial charge in [0.15, 0.2) is 0 Å². The number of hydrogen-bond donors (Lipinski definition) is 1. The van der Waals surface area contributed by atoms with Gasteiger partial charge in [-0.05, 0) is 63.3 Å². The van der Waals surface area contributed by atoms with Crippen LogP contribution in [0.5, 0.6) is 0 Å². The second-order valence-electron chi connectivity index (χ2n) is 4.83. The van der Waals surface area contributed by atoms with Crippen LogP contribution in [0.2, 0.25) is 0 Å². The Morgan fingerprint density at radius 1 is 0.842 bits per heavy atom. The van der Waals surface area contributed by atoms with Crippen LogP contribution in [0.3, 0.4) is 0 Å². The maximum atomic E-state index is 3.29. The lowest BCUT2D eigenvalue weighted by molar-refractivity contribution is 0.870. The van der Waals surface area contributed by atoms with Gasteiger partial charge >= 0.3 is 0 Å². The second kappa shape index (κ2) is 6.84. The van der Waals surface area contributed by atoms with E-state index in [1.807, 2.05) is 7.05 Å². The lowest BCUT2D eigenvalue weighted by Crippen LogP contribution is -2.23. The molecule has 0 amide bonds. The molecule has 2 rings (SSSR count). The van der Waals surface area contributed by atoms with Crippen molar-refractivity contribution in [1.82, 2.24) is 5.32 Å². The Hall–Kier alpha value is -1.17. The topological polar surface area (TPSA) is 12.0 Å². The van der Waals surface area contributed by atoms with Gasteiger partial charge in [0.05, 0.1) is 0 Å². The molecule has 19 heavy (non-hydrogen) atoms. The fraction of sp³-hybridized carbons (Fsp3) is 0.294. The number of nitrogens with one attached hydrogen (secondary N) is 1. The highest BCUT2D eigenvalue weighted by Crippen LogP contribution is 2.35. The molecule has 0 saturated heterocycles. The summed E-state index contributed by atoms with van der Waals surface area (Å²) in [6.45, 7) is 5.51. The van der Waals surface area contributed by atoms with Crippen molar-refractivity contribution in [2.24, 2.45) is 0 Å². The van der Waals surface area contributed by atoms with Crippen molar-refractivity contribution >= 4 is 18.5 Å². The van der Waals surface area contributed by atoms with E-state index >= 15 is 0 Å². The molecule has 2 heteroatoms. The summed E-state index contributed by atoms with van der Waals surface area (Å²) in [5, 5.41) is 6.32. The van der Waals surface area contributed by atoms with Crippen LogP contribution in [0.15, 0.2) is 48.5 Å². The minimum Gasteiger partial charge on any atom is -0.319 e. The van der Waals surface area contributed by atoms with Crippen molar-refractivity contribution in [3.8, 4) is 0 Å². The van der Waals surface area contributed by atoms with Crippen LogP contribution in [-0.2, 0) is 0 Å². The normalized spacial score (nSPS) is 10.9. The summed E-state index contributed by atoms with van der Waals surface area (Å²) in [5.74, 6) is 0. The van der Waals surface area contributed by atoms with Crippen LogP contribution in [0.1, 0.15) is 11.1 Å².